The zero-order valence-corrected chi connectivity index (χ0v) is 12.5. The Morgan fingerprint density at radius 1 is 1.09 bits per heavy atom. The average Bonchev–Trinajstić information content (AvgIpc) is 3.26. The van der Waals surface area contributed by atoms with Crippen LogP contribution in [0.3, 0.4) is 0 Å². The maximum Gasteiger partial charge on any atom is 0.231 e. The highest BCUT2D eigenvalue weighted by Gasteiger charge is 2.50. The molecule has 1 spiro atoms. The lowest BCUT2D eigenvalue weighted by molar-refractivity contribution is -0.189. The summed E-state index contributed by atoms with van der Waals surface area (Å²) in [5.41, 5.74) is 1.33. The van der Waals surface area contributed by atoms with Crippen LogP contribution < -0.4 is 14.8 Å². The molecule has 1 aromatic rings. The fourth-order valence-electron chi connectivity index (χ4n) is 4.57. The number of benzene rings is 1. The lowest BCUT2D eigenvalue weighted by atomic mass is 9.74. The highest BCUT2D eigenvalue weighted by atomic mass is 16.7. The molecule has 3 heterocycles. The minimum absolute atomic E-state index is 0.318. The van der Waals surface area contributed by atoms with E-state index in [0.717, 1.165) is 50.5 Å². The molecule has 1 aromatic carbocycles. The van der Waals surface area contributed by atoms with E-state index in [1.165, 1.54) is 5.56 Å². The Morgan fingerprint density at radius 3 is 2.86 bits per heavy atom. The topological polar surface area (TPSA) is 49.0 Å². The van der Waals surface area contributed by atoms with Gasteiger partial charge < -0.3 is 24.3 Å². The monoisotopic (exact) mass is 303 g/mol. The highest BCUT2D eigenvalue weighted by Crippen LogP contribution is 2.48. The first-order valence-electron chi connectivity index (χ1n) is 8.24. The van der Waals surface area contributed by atoms with Crippen LogP contribution in [0.25, 0.3) is 0 Å². The third-order valence-electron chi connectivity index (χ3n) is 5.65. The van der Waals surface area contributed by atoms with E-state index in [2.05, 4.69) is 17.4 Å². The molecule has 3 atom stereocenters. The van der Waals surface area contributed by atoms with Crippen molar-refractivity contribution in [1.82, 2.24) is 5.32 Å². The molecule has 5 heteroatoms. The van der Waals surface area contributed by atoms with Crippen molar-refractivity contribution in [2.45, 2.75) is 37.0 Å². The van der Waals surface area contributed by atoms with E-state index < -0.39 is 0 Å². The van der Waals surface area contributed by atoms with Gasteiger partial charge in [0.2, 0.25) is 6.79 Å². The van der Waals surface area contributed by atoms with Gasteiger partial charge in [-0.2, -0.15) is 0 Å². The summed E-state index contributed by atoms with van der Waals surface area (Å²) < 4.78 is 22.9. The molecule has 3 fully saturated rings. The molecule has 1 aliphatic carbocycles. The van der Waals surface area contributed by atoms with Crippen LogP contribution in [0, 0.1) is 5.92 Å². The fourth-order valence-corrected chi connectivity index (χ4v) is 4.57. The van der Waals surface area contributed by atoms with E-state index in [-0.39, 0.29) is 5.79 Å². The van der Waals surface area contributed by atoms with E-state index in [1.54, 1.807) is 0 Å². The molecule has 5 rings (SSSR count). The van der Waals surface area contributed by atoms with E-state index in [4.69, 9.17) is 18.9 Å². The molecule has 0 aromatic heterocycles. The minimum Gasteiger partial charge on any atom is -0.454 e. The largest absolute Gasteiger partial charge is 0.454 e. The lowest BCUT2D eigenvalue weighted by Gasteiger charge is -2.39. The molecule has 1 saturated carbocycles. The van der Waals surface area contributed by atoms with Crippen LogP contribution in [0.5, 0.6) is 11.5 Å². The number of hydrogen-bond donors (Lipinski definition) is 1. The maximum atomic E-state index is 5.95. The zero-order valence-electron chi connectivity index (χ0n) is 12.5. The second kappa shape index (κ2) is 4.85. The summed E-state index contributed by atoms with van der Waals surface area (Å²) >= 11 is 0. The first-order chi connectivity index (χ1) is 10.8. The molecule has 0 bridgehead atoms. The van der Waals surface area contributed by atoms with Gasteiger partial charge in [0, 0.05) is 31.3 Å². The highest BCUT2D eigenvalue weighted by molar-refractivity contribution is 5.46. The fraction of sp³-hybridized carbons (Fsp3) is 0.647. The Balaban J connectivity index is 1.43. The van der Waals surface area contributed by atoms with E-state index in [0.29, 0.717) is 24.7 Å². The molecule has 0 amide bonds. The molecule has 22 heavy (non-hydrogen) atoms. The van der Waals surface area contributed by atoms with Crippen LogP contribution in [0.1, 0.15) is 30.7 Å². The molecule has 1 N–H and O–H groups in total. The van der Waals surface area contributed by atoms with Gasteiger partial charge in [-0.25, -0.2) is 0 Å². The SMILES string of the molecule is c1cc2c(cc1[C@@H]1CN[C@H]3CCC4(C[C@H]31)OCCO4)OCO2. The number of rotatable bonds is 1. The second-order valence-electron chi connectivity index (χ2n) is 6.75. The summed E-state index contributed by atoms with van der Waals surface area (Å²) in [5.74, 6) is 2.47. The summed E-state index contributed by atoms with van der Waals surface area (Å²) in [4.78, 5) is 0. The molecule has 2 saturated heterocycles. The summed E-state index contributed by atoms with van der Waals surface area (Å²) in [6, 6.07) is 6.94. The standard InChI is InChI=1S/C17H21NO4/c1-2-15-16(20-10-19-15)7-11(1)13-9-18-14-3-4-17(8-12(13)14)21-5-6-22-17/h1-2,7,12-14,18H,3-6,8-10H2/t12-,13-,14-/m0/s1. The van der Waals surface area contributed by atoms with E-state index >= 15 is 0 Å². The summed E-state index contributed by atoms with van der Waals surface area (Å²) in [5, 5.41) is 3.70. The smallest absolute Gasteiger partial charge is 0.231 e. The molecule has 0 radical (unpaired) electrons. The van der Waals surface area contributed by atoms with Crippen molar-refractivity contribution in [1.29, 1.82) is 0 Å². The van der Waals surface area contributed by atoms with Gasteiger partial charge in [0.15, 0.2) is 17.3 Å². The van der Waals surface area contributed by atoms with Crippen LogP contribution in [-0.4, -0.2) is 38.4 Å². The van der Waals surface area contributed by atoms with Gasteiger partial charge in [0.05, 0.1) is 13.2 Å². The Labute approximate surface area is 129 Å². The van der Waals surface area contributed by atoms with Crippen molar-refractivity contribution < 1.29 is 18.9 Å². The Bertz CT molecular complexity index is 584. The number of ether oxygens (including phenoxy) is 4. The Hall–Kier alpha value is -1.30. The van der Waals surface area contributed by atoms with Gasteiger partial charge in [-0.1, -0.05) is 6.07 Å². The maximum absolute atomic E-state index is 5.95. The van der Waals surface area contributed by atoms with Crippen LogP contribution in [0.15, 0.2) is 18.2 Å². The summed E-state index contributed by atoms with van der Waals surface area (Å²) in [7, 11) is 0. The molecule has 5 nitrogen and oxygen atoms in total. The first-order valence-corrected chi connectivity index (χ1v) is 8.24. The van der Waals surface area contributed by atoms with Gasteiger partial charge in [0.1, 0.15) is 0 Å². The predicted octanol–water partition coefficient (Wildman–Crippen LogP) is 2.01. The summed E-state index contributed by atoms with van der Waals surface area (Å²) in [6.07, 6.45) is 3.13. The van der Waals surface area contributed by atoms with Crippen molar-refractivity contribution in [3.63, 3.8) is 0 Å². The van der Waals surface area contributed by atoms with Crippen molar-refractivity contribution in [3.05, 3.63) is 23.8 Å². The summed E-state index contributed by atoms with van der Waals surface area (Å²) in [6.45, 7) is 2.82. The van der Waals surface area contributed by atoms with Gasteiger partial charge in [-0.05, 0) is 30.0 Å². The Morgan fingerprint density at radius 2 is 1.95 bits per heavy atom. The molecule has 118 valence electrons. The van der Waals surface area contributed by atoms with Crippen molar-refractivity contribution >= 4 is 0 Å². The van der Waals surface area contributed by atoms with Gasteiger partial charge in [-0.15, -0.1) is 0 Å². The van der Waals surface area contributed by atoms with Crippen LogP contribution in [0.4, 0.5) is 0 Å². The van der Waals surface area contributed by atoms with Crippen molar-refractivity contribution in [2.75, 3.05) is 26.6 Å². The minimum atomic E-state index is -0.318. The molecular formula is C17H21NO4. The average molecular weight is 303 g/mol. The van der Waals surface area contributed by atoms with Crippen molar-refractivity contribution in [3.8, 4) is 11.5 Å². The van der Waals surface area contributed by atoms with Gasteiger partial charge >= 0.3 is 0 Å². The number of nitrogens with one attached hydrogen (secondary N) is 1. The lowest BCUT2D eigenvalue weighted by Crippen LogP contribution is -2.44. The molecular weight excluding hydrogens is 282 g/mol. The molecule has 3 aliphatic heterocycles. The predicted molar refractivity (Wildman–Crippen MR) is 79.1 cm³/mol. The first kappa shape index (κ1) is 13.2. The quantitative estimate of drug-likeness (QED) is 0.860. The third-order valence-corrected chi connectivity index (χ3v) is 5.65. The second-order valence-corrected chi connectivity index (χ2v) is 6.75. The molecule has 4 aliphatic rings. The third kappa shape index (κ3) is 1.96. The molecule has 0 unspecified atom stereocenters. The zero-order chi connectivity index (χ0) is 14.6. The number of fused-ring (bicyclic) bond motifs is 2. The van der Waals surface area contributed by atoms with Crippen molar-refractivity contribution in [2.24, 2.45) is 5.92 Å². The van der Waals surface area contributed by atoms with Gasteiger partial charge in [-0.3, -0.25) is 0 Å². The van der Waals surface area contributed by atoms with E-state index in [1.807, 2.05) is 6.07 Å². The normalized spacial score (nSPS) is 35.0. The van der Waals surface area contributed by atoms with Crippen LogP contribution in [-0.2, 0) is 9.47 Å². The van der Waals surface area contributed by atoms with Crippen LogP contribution >= 0.6 is 0 Å². The van der Waals surface area contributed by atoms with E-state index in [9.17, 15) is 0 Å². The Kier molecular flexibility index (Phi) is 2.90. The van der Waals surface area contributed by atoms with Crippen LogP contribution in [0.2, 0.25) is 0 Å². The number of hydrogen-bond acceptors (Lipinski definition) is 5. The van der Waals surface area contributed by atoms with Gasteiger partial charge in [0.25, 0.3) is 0 Å².